The number of aliphatic hydroxyl groups is 1. The third kappa shape index (κ3) is 4.69. The van der Waals surface area contributed by atoms with Crippen molar-refractivity contribution in [2.24, 2.45) is 0 Å². The third-order valence-electron chi connectivity index (χ3n) is 1.49. The number of methoxy groups -OCH3 is 1. The van der Waals surface area contributed by atoms with Gasteiger partial charge in [0, 0.05) is 7.11 Å². The van der Waals surface area contributed by atoms with Gasteiger partial charge in [-0.1, -0.05) is 0 Å². The molecule has 0 aromatic rings. The number of aliphatic hydroxyl groups excluding tert-OH is 1. The average Bonchev–Trinajstić information content (AvgIpc) is 2.03. The summed E-state index contributed by atoms with van der Waals surface area (Å²) in [6.07, 6.45) is -1.08. The molecule has 0 saturated heterocycles. The summed E-state index contributed by atoms with van der Waals surface area (Å²) in [4.78, 5) is 0. The summed E-state index contributed by atoms with van der Waals surface area (Å²) in [5, 5.41) is 9.16. The fraction of sp³-hybridized carbons (Fsp3) is 1.00. The maximum Gasteiger partial charge on any atom is 0.142 e. The van der Waals surface area contributed by atoms with Gasteiger partial charge in [-0.15, -0.1) is 0 Å². The largest absolute Gasteiger partial charge is 0.391 e. The van der Waals surface area contributed by atoms with E-state index in [1.165, 1.54) is 7.11 Å². The number of hydrogen-bond donors (Lipinski definition) is 1. The van der Waals surface area contributed by atoms with Crippen LogP contribution < -0.4 is 0 Å². The van der Waals surface area contributed by atoms with Crippen LogP contribution in [0.2, 0.25) is 0 Å². The van der Waals surface area contributed by atoms with Crippen molar-refractivity contribution in [3.63, 3.8) is 0 Å². The maximum atomic E-state index is 12.0. The molecule has 0 bridgehead atoms. The van der Waals surface area contributed by atoms with Crippen molar-refractivity contribution in [2.75, 3.05) is 20.4 Å². The Morgan fingerprint density at radius 2 is 2.17 bits per heavy atom. The van der Waals surface area contributed by atoms with Crippen molar-refractivity contribution in [3.8, 4) is 0 Å². The highest BCUT2D eigenvalue weighted by atomic mass is 19.1. The van der Waals surface area contributed by atoms with E-state index >= 15 is 0 Å². The topological polar surface area (TPSA) is 38.7 Å². The number of rotatable bonds is 6. The van der Waals surface area contributed by atoms with Crippen molar-refractivity contribution in [2.45, 2.75) is 25.1 Å². The van der Waals surface area contributed by atoms with E-state index in [-0.39, 0.29) is 6.61 Å². The molecule has 0 aromatic heterocycles. The fourth-order valence-electron chi connectivity index (χ4n) is 0.791. The normalized spacial score (nSPS) is 18.7. The molecule has 12 heavy (non-hydrogen) atoms. The minimum absolute atomic E-state index is 0.280. The molecule has 0 spiro atoms. The lowest BCUT2D eigenvalue weighted by molar-refractivity contribution is -0.0802. The smallest absolute Gasteiger partial charge is 0.142 e. The van der Waals surface area contributed by atoms with Gasteiger partial charge in [0.1, 0.15) is 20.6 Å². The van der Waals surface area contributed by atoms with Gasteiger partial charge < -0.3 is 14.6 Å². The van der Waals surface area contributed by atoms with Crippen LogP contribution in [0.15, 0.2) is 0 Å². The van der Waals surface area contributed by atoms with Crippen LogP contribution in [0.1, 0.15) is 6.92 Å². The Hall–Kier alpha value is -0.125. The van der Waals surface area contributed by atoms with E-state index in [9.17, 15) is 4.39 Å². The molecule has 0 fully saturated rings. The van der Waals surface area contributed by atoms with E-state index < -0.39 is 24.9 Å². The monoisotopic (exact) mass is 178 g/mol. The number of halogens is 1. The SMILES string of the molecule is BC(CF)O[C@H](COC)[C@H](C)O. The summed E-state index contributed by atoms with van der Waals surface area (Å²) in [6, 6.07) is -0.486. The van der Waals surface area contributed by atoms with Crippen molar-refractivity contribution in [3.05, 3.63) is 0 Å². The molecule has 5 heteroatoms. The average molecular weight is 178 g/mol. The van der Waals surface area contributed by atoms with Crippen molar-refractivity contribution in [1.29, 1.82) is 0 Å². The van der Waals surface area contributed by atoms with E-state index in [2.05, 4.69) is 0 Å². The molecule has 0 aromatic carbocycles. The number of ether oxygens (including phenoxy) is 2. The molecule has 72 valence electrons. The highest BCUT2D eigenvalue weighted by Gasteiger charge is 2.18. The van der Waals surface area contributed by atoms with Crippen LogP contribution in [0, 0.1) is 0 Å². The van der Waals surface area contributed by atoms with Gasteiger partial charge in [-0.2, -0.15) is 0 Å². The highest BCUT2D eigenvalue weighted by molar-refractivity contribution is 6.11. The van der Waals surface area contributed by atoms with Gasteiger partial charge in [0.25, 0.3) is 0 Å². The van der Waals surface area contributed by atoms with Crippen LogP contribution in [0.5, 0.6) is 0 Å². The van der Waals surface area contributed by atoms with Gasteiger partial charge in [-0.25, -0.2) is 4.39 Å². The molecule has 3 atom stereocenters. The summed E-state index contributed by atoms with van der Waals surface area (Å²) in [5.74, 6) is 0. The Morgan fingerprint density at radius 1 is 1.58 bits per heavy atom. The first-order chi connectivity index (χ1) is 5.61. The highest BCUT2D eigenvalue weighted by Crippen LogP contribution is 2.02. The van der Waals surface area contributed by atoms with E-state index in [0.717, 1.165) is 0 Å². The van der Waals surface area contributed by atoms with Crippen LogP contribution in [-0.2, 0) is 9.47 Å². The van der Waals surface area contributed by atoms with E-state index in [4.69, 9.17) is 14.6 Å². The first-order valence-electron chi connectivity index (χ1n) is 4.00. The summed E-state index contributed by atoms with van der Waals surface area (Å²) in [5.41, 5.74) is 0. The van der Waals surface area contributed by atoms with Crippen molar-refractivity contribution in [1.82, 2.24) is 0 Å². The van der Waals surface area contributed by atoms with E-state index in [1.807, 2.05) is 0 Å². The first kappa shape index (κ1) is 11.9. The summed E-state index contributed by atoms with van der Waals surface area (Å²) in [6.45, 7) is 1.32. The zero-order valence-electron chi connectivity index (χ0n) is 7.79. The van der Waals surface area contributed by atoms with Gasteiger partial charge >= 0.3 is 0 Å². The number of hydrogen-bond acceptors (Lipinski definition) is 3. The molecule has 0 aliphatic rings. The van der Waals surface area contributed by atoms with E-state index in [0.29, 0.717) is 0 Å². The van der Waals surface area contributed by atoms with Gasteiger partial charge in [0.15, 0.2) is 0 Å². The fourth-order valence-corrected chi connectivity index (χ4v) is 0.791. The van der Waals surface area contributed by atoms with Crippen molar-refractivity contribution < 1.29 is 19.0 Å². The Morgan fingerprint density at radius 3 is 2.50 bits per heavy atom. The lowest BCUT2D eigenvalue weighted by Crippen LogP contribution is -2.35. The molecule has 1 N–H and O–H groups in total. The quantitative estimate of drug-likeness (QED) is 0.548. The zero-order chi connectivity index (χ0) is 9.56. The number of alkyl halides is 1. The minimum Gasteiger partial charge on any atom is -0.391 e. The second-order valence-electron chi connectivity index (χ2n) is 2.84. The van der Waals surface area contributed by atoms with Crippen LogP contribution in [0.25, 0.3) is 0 Å². The maximum absolute atomic E-state index is 12.0. The third-order valence-corrected chi connectivity index (χ3v) is 1.49. The van der Waals surface area contributed by atoms with Gasteiger partial charge in [0.05, 0.1) is 18.7 Å². The molecule has 0 aliphatic heterocycles. The predicted molar refractivity (Wildman–Crippen MR) is 46.7 cm³/mol. The van der Waals surface area contributed by atoms with Crippen LogP contribution in [0.4, 0.5) is 4.39 Å². The zero-order valence-corrected chi connectivity index (χ0v) is 7.79. The summed E-state index contributed by atoms with van der Waals surface area (Å²) >= 11 is 0. The molecular weight excluding hydrogens is 162 g/mol. The lowest BCUT2D eigenvalue weighted by Gasteiger charge is -2.22. The Kier molecular flexibility index (Phi) is 6.33. The molecule has 0 rings (SSSR count). The Bertz CT molecular complexity index is 113. The first-order valence-corrected chi connectivity index (χ1v) is 4.00. The summed E-state index contributed by atoms with van der Waals surface area (Å²) < 4.78 is 22.0. The molecule has 0 radical (unpaired) electrons. The molecule has 1 unspecified atom stereocenters. The Balaban J connectivity index is 3.77. The Labute approximate surface area is 73.3 Å². The minimum atomic E-state index is -0.640. The molecule has 0 aliphatic carbocycles. The summed E-state index contributed by atoms with van der Waals surface area (Å²) in [7, 11) is 3.13. The van der Waals surface area contributed by atoms with Crippen molar-refractivity contribution >= 4 is 7.85 Å². The molecule has 0 amide bonds. The van der Waals surface area contributed by atoms with E-state index in [1.54, 1.807) is 14.8 Å². The molecule has 3 nitrogen and oxygen atoms in total. The van der Waals surface area contributed by atoms with Crippen LogP contribution >= 0.6 is 0 Å². The van der Waals surface area contributed by atoms with Crippen LogP contribution in [-0.4, -0.2) is 51.6 Å². The second kappa shape index (κ2) is 6.40. The van der Waals surface area contributed by atoms with Gasteiger partial charge in [-0.3, -0.25) is 0 Å². The lowest BCUT2D eigenvalue weighted by atomic mass is 10.0. The van der Waals surface area contributed by atoms with Gasteiger partial charge in [-0.05, 0) is 6.92 Å². The van der Waals surface area contributed by atoms with Gasteiger partial charge in [0.2, 0.25) is 0 Å². The standard InChI is InChI=1S/C7H16BFO3/c1-5(10)6(4-11-2)12-7(8)3-9/h5-7,10H,3-4,8H2,1-2H3/t5-,6+,7?/m0/s1. The second-order valence-corrected chi connectivity index (χ2v) is 2.84. The molecular formula is C7H16BFO3. The van der Waals surface area contributed by atoms with Crippen LogP contribution in [0.3, 0.4) is 0 Å². The molecule has 0 heterocycles. The predicted octanol–water partition coefficient (Wildman–Crippen LogP) is -0.673. The molecule has 0 saturated carbocycles.